The van der Waals surface area contributed by atoms with Gasteiger partial charge in [0.2, 0.25) is 0 Å². The Morgan fingerprint density at radius 3 is 2.68 bits per heavy atom. The molecule has 0 aromatic carbocycles. The van der Waals surface area contributed by atoms with Gasteiger partial charge in [-0.15, -0.1) is 6.58 Å². The van der Waals surface area contributed by atoms with Crippen molar-refractivity contribution in [1.29, 1.82) is 0 Å². The van der Waals surface area contributed by atoms with Gasteiger partial charge >= 0.3 is 11.9 Å². The van der Waals surface area contributed by atoms with E-state index in [0.29, 0.717) is 18.6 Å². The Bertz CT molecular complexity index is 484. The minimum absolute atomic E-state index is 0.0334. The number of carboxylic acids is 2. The Labute approximate surface area is 110 Å². The van der Waals surface area contributed by atoms with Crippen molar-refractivity contribution in [3.63, 3.8) is 0 Å². The van der Waals surface area contributed by atoms with Crippen LogP contribution in [0.25, 0.3) is 0 Å². The van der Waals surface area contributed by atoms with Gasteiger partial charge in [0, 0.05) is 0 Å². The summed E-state index contributed by atoms with van der Waals surface area (Å²) >= 11 is 0. The lowest BCUT2D eigenvalue weighted by molar-refractivity contribution is -0.146. The minimum atomic E-state index is -1.08. The fourth-order valence-electron chi connectivity index (χ4n) is 2.39. The van der Waals surface area contributed by atoms with E-state index >= 15 is 0 Å². The van der Waals surface area contributed by atoms with E-state index < -0.39 is 17.4 Å². The zero-order valence-corrected chi connectivity index (χ0v) is 10.5. The first-order valence-electron chi connectivity index (χ1n) is 6.09. The molecule has 5 nitrogen and oxygen atoms in total. The van der Waals surface area contributed by atoms with Gasteiger partial charge in [0.15, 0.2) is 0 Å². The molecule has 2 rings (SSSR count). The summed E-state index contributed by atoms with van der Waals surface area (Å²) < 4.78 is 5.11. The molecule has 0 spiro atoms. The average molecular weight is 264 g/mol. The normalized spacial score (nSPS) is 29.2. The molecular weight excluding hydrogens is 248 g/mol. The highest BCUT2D eigenvalue weighted by Crippen LogP contribution is 2.41. The van der Waals surface area contributed by atoms with Gasteiger partial charge in [-0.3, -0.25) is 4.79 Å². The van der Waals surface area contributed by atoms with Crippen molar-refractivity contribution in [2.45, 2.75) is 25.4 Å². The van der Waals surface area contributed by atoms with Gasteiger partial charge in [0.05, 0.1) is 23.7 Å². The number of carbonyl (C=O) groups is 2. The van der Waals surface area contributed by atoms with Crippen LogP contribution in [0.3, 0.4) is 0 Å². The van der Waals surface area contributed by atoms with Crippen LogP contribution >= 0.6 is 0 Å². The first kappa shape index (κ1) is 13.5. The maximum Gasteiger partial charge on any atom is 0.335 e. The summed E-state index contributed by atoms with van der Waals surface area (Å²) in [6.07, 6.45) is 5.42. The number of epoxide rings is 1. The summed E-state index contributed by atoms with van der Waals surface area (Å²) in [7, 11) is 0. The van der Waals surface area contributed by atoms with Gasteiger partial charge in [0.25, 0.3) is 0 Å². The second-order valence-corrected chi connectivity index (χ2v) is 4.95. The quantitative estimate of drug-likeness (QED) is 0.564. The van der Waals surface area contributed by atoms with E-state index in [2.05, 4.69) is 6.58 Å². The van der Waals surface area contributed by atoms with Crippen molar-refractivity contribution in [2.75, 3.05) is 6.61 Å². The van der Waals surface area contributed by atoms with Gasteiger partial charge in [-0.05, 0) is 19.3 Å². The van der Waals surface area contributed by atoms with Crippen molar-refractivity contribution < 1.29 is 24.5 Å². The zero-order chi connectivity index (χ0) is 14.0. The second kappa shape index (κ2) is 5.01. The van der Waals surface area contributed by atoms with Crippen molar-refractivity contribution in [3.8, 4) is 0 Å². The topological polar surface area (TPSA) is 87.1 Å². The van der Waals surface area contributed by atoms with Crippen molar-refractivity contribution in [1.82, 2.24) is 0 Å². The largest absolute Gasteiger partial charge is 0.481 e. The lowest BCUT2D eigenvalue weighted by Crippen LogP contribution is -2.32. The molecule has 19 heavy (non-hydrogen) atoms. The van der Waals surface area contributed by atoms with Crippen LogP contribution in [0, 0.1) is 5.41 Å². The number of hydrogen-bond donors (Lipinski definition) is 2. The molecule has 2 aliphatic rings. The Balaban J connectivity index is 2.31. The van der Waals surface area contributed by atoms with E-state index in [1.54, 1.807) is 6.08 Å². The molecule has 0 amide bonds. The monoisotopic (exact) mass is 264 g/mol. The molecule has 1 heterocycles. The molecule has 0 aromatic heterocycles. The van der Waals surface area contributed by atoms with E-state index in [9.17, 15) is 14.7 Å². The van der Waals surface area contributed by atoms with Gasteiger partial charge < -0.3 is 14.9 Å². The summed E-state index contributed by atoms with van der Waals surface area (Å²) in [5.74, 6) is -1.98. The van der Waals surface area contributed by atoms with Crippen LogP contribution in [-0.2, 0) is 14.3 Å². The number of allylic oxidation sites excluding steroid dienone is 1. The lowest BCUT2D eigenvalue weighted by atomic mass is 9.73. The van der Waals surface area contributed by atoms with Gasteiger partial charge in [0.1, 0.15) is 0 Å². The molecular formula is C14H16O5. The standard InChI is InChI=1S/C14H16O5/c1-2-4-14(13(17)18)5-3-11(12(15)16)9(7-14)6-10-8-19-10/h2-3,5,10H,1,4,6-8H2,(H,15,16)(H,17,18). The SMILES string of the molecule is C=CCC1(C(=O)O)C=CC(C(=O)O)=C(CC2CO2)C1. The molecule has 1 saturated heterocycles. The zero-order valence-electron chi connectivity index (χ0n) is 10.5. The van der Waals surface area contributed by atoms with E-state index in [-0.39, 0.29) is 24.5 Å². The second-order valence-electron chi connectivity index (χ2n) is 4.95. The first-order chi connectivity index (χ1) is 8.98. The summed E-state index contributed by atoms with van der Waals surface area (Å²) in [6.45, 7) is 4.19. The summed E-state index contributed by atoms with van der Waals surface area (Å²) in [6, 6.07) is 0. The fourth-order valence-corrected chi connectivity index (χ4v) is 2.39. The predicted molar refractivity (Wildman–Crippen MR) is 67.7 cm³/mol. The predicted octanol–water partition coefficient (Wildman–Crippen LogP) is 1.76. The van der Waals surface area contributed by atoms with Crippen LogP contribution in [0.2, 0.25) is 0 Å². The highest BCUT2D eigenvalue weighted by molar-refractivity contribution is 5.92. The van der Waals surface area contributed by atoms with Crippen LogP contribution in [0.5, 0.6) is 0 Å². The van der Waals surface area contributed by atoms with Crippen LogP contribution < -0.4 is 0 Å². The number of carboxylic acid groups (broad SMARTS) is 2. The number of ether oxygens (including phenoxy) is 1. The third-order valence-corrected chi connectivity index (χ3v) is 3.52. The fraction of sp³-hybridized carbons (Fsp3) is 0.429. The number of hydrogen-bond acceptors (Lipinski definition) is 3. The lowest BCUT2D eigenvalue weighted by Gasteiger charge is -2.30. The van der Waals surface area contributed by atoms with Gasteiger partial charge in [-0.1, -0.05) is 23.8 Å². The Kier molecular flexibility index (Phi) is 3.57. The van der Waals surface area contributed by atoms with Gasteiger partial charge in [-0.2, -0.15) is 0 Å². The molecule has 1 aliphatic heterocycles. The average Bonchev–Trinajstić information content (AvgIpc) is 3.13. The Morgan fingerprint density at radius 2 is 2.21 bits per heavy atom. The first-order valence-corrected chi connectivity index (χ1v) is 6.09. The van der Waals surface area contributed by atoms with E-state index in [1.807, 2.05) is 0 Å². The smallest absolute Gasteiger partial charge is 0.335 e. The molecule has 1 fully saturated rings. The molecule has 2 unspecified atom stereocenters. The Morgan fingerprint density at radius 1 is 1.53 bits per heavy atom. The molecule has 2 N–H and O–H groups in total. The van der Waals surface area contributed by atoms with Crippen LogP contribution in [-0.4, -0.2) is 34.9 Å². The highest BCUT2D eigenvalue weighted by Gasteiger charge is 2.40. The Hall–Kier alpha value is -1.88. The summed E-state index contributed by atoms with van der Waals surface area (Å²) in [4.78, 5) is 22.7. The maximum absolute atomic E-state index is 11.5. The summed E-state index contributed by atoms with van der Waals surface area (Å²) in [5.41, 5.74) is -0.247. The molecule has 102 valence electrons. The van der Waals surface area contributed by atoms with E-state index in [4.69, 9.17) is 9.84 Å². The van der Waals surface area contributed by atoms with E-state index in [1.165, 1.54) is 12.2 Å². The third-order valence-electron chi connectivity index (χ3n) is 3.52. The third kappa shape index (κ3) is 2.76. The number of aliphatic carboxylic acids is 2. The van der Waals surface area contributed by atoms with E-state index in [0.717, 1.165) is 0 Å². The molecule has 2 atom stereocenters. The van der Waals surface area contributed by atoms with Gasteiger partial charge in [-0.25, -0.2) is 4.79 Å². The highest BCUT2D eigenvalue weighted by atomic mass is 16.6. The van der Waals surface area contributed by atoms with Crippen LogP contribution in [0.4, 0.5) is 0 Å². The molecule has 0 radical (unpaired) electrons. The number of rotatable bonds is 6. The molecule has 1 aliphatic carbocycles. The van der Waals surface area contributed by atoms with Crippen LogP contribution in [0.15, 0.2) is 36.0 Å². The molecule has 0 aromatic rings. The summed E-state index contributed by atoms with van der Waals surface area (Å²) in [5, 5.41) is 18.6. The minimum Gasteiger partial charge on any atom is -0.481 e. The molecule has 0 saturated carbocycles. The molecule has 5 heteroatoms. The van der Waals surface area contributed by atoms with Crippen molar-refractivity contribution in [2.24, 2.45) is 5.41 Å². The van der Waals surface area contributed by atoms with Crippen LogP contribution in [0.1, 0.15) is 19.3 Å². The van der Waals surface area contributed by atoms with Crippen molar-refractivity contribution in [3.05, 3.63) is 36.0 Å². The maximum atomic E-state index is 11.5. The van der Waals surface area contributed by atoms with Crippen molar-refractivity contribution >= 4 is 11.9 Å². The molecule has 0 bridgehead atoms.